The first-order chi connectivity index (χ1) is 15.5. The first-order valence-electron chi connectivity index (χ1n) is 9.75. The second-order valence-electron chi connectivity index (χ2n) is 7.30. The average molecular weight is 450 g/mol. The van der Waals surface area contributed by atoms with Crippen molar-refractivity contribution < 1.29 is 5.11 Å². The van der Waals surface area contributed by atoms with Crippen molar-refractivity contribution in [1.82, 2.24) is 29.5 Å². The number of anilines is 1. The number of rotatable bonds is 5. The van der Waals surface area contributed by atoms with E-state index in [0.29, 0.717) is 39.6 Å². The maximum Gasteiger partial charge on any atom is 0.326 e. The Hall–Kier alpha value is -4.17. The number of hydrogen-bond acceptors (Lipinski definition) is 8. The van der Waals surface area contributed by atoms with Crippen LogP contribution in [0.1, 0.15) is 29.7 Å². The van der Waals surface area contributed by atoms with E-state index in [4.69, 9.17) is 16.9 Å². The molecule has 32 heavy (non-hydrogen) atoms. The van der Waals surface area contributed by atoms with E-state index in [1.807, 2.05) is 0 Å². The van der Waals surface area contributed by atoms with Gasteiger partial charge in [0.25, 0.3) is 5.62 Å². The zero-order valence-corrected chi connectivity index (χ0v) is 17.3. The van der Waals surface area contributed by atoms with Gasteiger partial charge in [0.2, 0.25) is 11.8 Å². The van der Waals surface area contributed by atoms with E-state index in [2.05, 4.69) is 41.4 Å². The van der Waals surface area contributed by atoms with Gasteiger partial charge < -0.3 is 15.4 Å². The smallest absolute Gasteiger partial charge is 0.326 e. The molecular formula is C20H16ClN9O2. The van der Waals surface area contributed by atoms with Crippen LogP contribution in [0, 0.1) is 11.3 Å². The zero-order chi connectivity index (χ0) is 22.2. The molecule has 12 heteroatoms. The summed E-state index contributed by atoms with van der Waals surface area (Å²) < 4.78 is 1.52. The number of nitrogens with one attached hydrogen (secondary N) is 3. The molecule has 5 rings (SSSR count). The third kappa shape index (κ3) is 3.91. The molecule has 1 aliphatic carbocycles. The van der Waals surface area contributed by atoms with Crippen LogP contribution in [-0.2, 0) is 6.54 Å². The van der Waals surface area contributed by atoms with Crippen LogP contribution in [0.5, 0.6) is 5.88 Å². The van der Waals surface area contributed by atoms with Gasteiger partial charge in [-0.05, 0) is 36.6 Å². The van der Waals surface area contributed by atoms with Crippen molar-refractivity contribution in [2.24, 2.45) is 4.99 Å². The fraction of sp³-hybridized carbons (Fsp3) is 0.200. The van der Waals surface area contributed by atoms with Gasteiger partial charge in [0.15, 0.2) is 5.65 Å². The maximum atomic E-state index is 11.4. The molecule has 1 saturated carbocycles. The molecule has 3 aromatic heterocycles. The number of halogens is 1. The molecular weight excluding hydrogens is 434 g/mol. The van der Waals surface area contributed by atoms with Gasteiger partial charge in [-0.15, -0.1) is 0 Å². The lowest BCUT2D eigenvalue weighted by Crippen LogP contribution is -2.24. The van der Waals surface area contributed by atoms with E-state index in [1.165, 1.54) is 4.52 Å². The van der Waals surface area contributed by atoms with Crippen molar-refractivity contribution in [1.29, 1.82) is 5.26 Å². The minimum atomic E-state index is -0.522. The molecule has 0 bridgehead atoms. The Morgan fingerprint density at radius 2 is 2.22 bits per heavy atom. The largest absolute Gasteiger partial charge is 0.493 e. The van der Waals surface area contributed by atoms with Gasteiger partial charge in [0, 0.05) is 16.8 Å². The van der Waals surface area contributed by atoms with Crippen molar-refractivity contribution >= 4 is 29.3 Å². The summed E-state index contributed by atoms with van der Waals surface area (Å²) in [6.07, 6.45) is 5.11. The van der Waals surface area contributed by atoms with Gasteiger partial charge >= 0.3 is 5.69 Å². The fourth-order valence-corrected chi connectivity index (χ4v) is 3.34. The molecule has 160 valence electrons. The van der Waals surface area contributed by atoms with Crippen LogP contribution in [0.3, 0.4) is 0 Å². The number of imidazole rings is 1. The molecule has 11 nitrogen and oxygen atoms in total. The van der Waals surface area contributed by atoms with Crippen molar-refractivity contribution in [2.45, 2.75) is 25.4 Å². The van der Waals surface area contributed by atoms with Gasteiger partial charge in [0.1, 0.15) is 5.69 Å². The zero-order valence-electron chi connectivity index (χ0n) is 16.5. The molecule has 3 heterocycles. The molecule has 1 aliphatic rings. The highest BCUT2D eigenvalue weighted by Gasteiger charge is 2.21. The van der Waals surface area contributed by atoms with Crippen molar-refractivity contribution in [3.63, 3.8) is 0 Å². The lowest BCUT2D eigenvalue weighted by molar-refractivity contribution is 0.454. The predicted octanol–water partition coefficient (Wildman–Crippen LogP) is 0.594. The van der Waals surface area contributed by atoms with E-state index in [9.17, 15) is 9.90 Å². The third-order valence-electron chi connectivity index (χ3n) is 4.88. The fourth-order valence-electron chi connectivity index (χ4n) is 3.09. The van der Waals surface area contributed by atoms with Crippen LogP contribution in [0.4, 0.5) is 5.95 Å². The highest BCUT2D eigenvalue weighted by atomic mass is 35.5. The number of nitrogens with zero attached hydrogens (tertiary/aromatic N) is 6. The Morgan fingerprint density at radius 1 is 1.38 bits per heavy atom. The number of nitriles is 1. The summed E-state index contributed by atoms with van der Waals surface area (Å²) >= 11 is 6.27. The number of hydrogen-bond donors (Lipinski definition) is 4. The monoisotopic (exact) mass is 449 g/mol. The topological polar surface area (TPSA) is 160 Å². The maximum absolute atomic E-state index is 11.4. The summed E-state index contributed by atoms with van der Waals surface area (Å²) in [7, 11) is 0. The quantitative estimate of drug-likeness (QED) is 0.347. The second kappa shape index (κ2) is 7.82. The minimum absolute atomic E-state index is 0.204. The average Bonchev–Trinajstić information content (AvgIpc) is 3.41. The Balaban J connectivity index is 1.57. The van der Waals surface area contributed by atoms with Gasteiger partial charge in [0.05, 0.1) is 23.9 Å². The number of H-pyrrole nitrogens is 2. The molecule has 0 saturated heterocycles. The highest BCUT2D eigenvalue weighted by Crippen LogP contribution is 2.22. The number of fused-ring (bicyclic) bond motifs is 1. The number of aromatic hydroxyl groups is 1. The van der Waals surface area contributed by atoms with Crippen LogP contribution < -0.4 is 21.8 Å². The lowest BCUT2D eigenvalue weighted by Gasteiger charge is -2.07. The molecule has 4 N–H and O–H groups in total. The van der Waals surface area contributed by atoms with E-state index in [-0.39, 0.29) is 17.6 Å². The van der Waals surface area contributed by atoms with Gasteiger partial charge in [-0.25, -0.2) is 9.79 Å². The molecule has 0 atom stereocenters. The summed E-state index contributed by atoms with van der Waals surface area (Å²) in [5.41, 5.74) is 1.80. The molecule has 0 aliphatic heterocycles. The molecule has 0 unspecified atom stereocenters. The van der Waals surface area contributed by atoms with Gasteiger partial charge in [-0.2, -0.15) is 24.8 Å². The van der Waals surface area contributed by atoms with E-state index in [0.717, 1.165) is 18.4 Å². The Bertz CT molecular complexity index is 1560. The van der Waals surface area contributed by atoms with E-state index in [1.54, 1.807) is 30.5 Å². The molecule has 0 radical (unpaired) electrons. The number of aromatic nitrogens is 6. The summed E-state index contributed by atoms with van der Waals surface area (Å²) in [4.78, 5) is 29.9. The Labute approximate surface area is 184 Å². The summed E-state index contributed by atoms with van der Waals surface area (Å²) in [5.74, 6) is 0.0411. The van der Waals surface area contributed by atoms with Crippen LogP contribution in [-0.4, -0.2) is 40.7 Å². The summed E-state index contributed by atoms with van der Waals surface area (Å²) in [6, 6.07) is 7.32. The molecule has 0 spiro atoms. The van der Waals surface area contributed by atoms with Gasteiger partial charge in [-0.1, -0.05) is 17.7 Å². The molecule has 1 aromatic carbocycles. The van der Waals surface area contributed by atoms with E-state index < -0.39 is 5.69 Å². The highest BCUT2D eigenvalue weighted by molar-refractivity contribution is 6.31. The first-order valence-corrected chi connectivity index (χ1v) is 10.1. The standard InChI is InChI=1S/C20H16ClN9O2/c21-14-5-10(7-22)1-2-11(14)8-23-18-27-16-12(6-15-17(31)28-20(32)26-15)9-24-30(16)19(29-18)25-13-3-4-13/h1-2,5-6,9,13,31H,3-4,8H2,(H,23,25,29)(H2,26,28,32)/b12-6+. The SMILES string of the molecule is N#Cc1ccc(CNc2nc(=NC3CC3)n3nc/c(=C\c4[nH]c(=O)[nH]c4O)c3n2)c(Cl)c1. The molecule has 4 aromatic rings. The predicted molar refractivity (Wildman–Crippen MR) is 115 cm³/mol. The Morgan fingerprint density at radius 3 is 2.91 bits per heavy atom. The Kier molecular flexibility index (Phi) is 4.84. The normalized spacial score (nSPS) is 14.8. The summed E-state index contributed by atoms with van der Waals surface area (Å²) in [5, 5.41) is 27.4. The van der Waals surface area contributed by atoms with Crippen LogP contribution in [0.15, 0.2) is 34.2 Å². The van der Waals surface area contributed by atoms with Gasteiger partial charge in [-0.3, -0.25) is 4.98 Å². The first kappa shape index (κ1) is 19.8. The van der Waals surface area contributed by atoms with Crippen molar-refractivity contribution in [3.05, 3.63) is 67.6 Å². The lowest BCUT2D eigenvalue weighted by atomic mass is 10.1. The van der Waals surface area contributed by atoms with Crippen molar-refractivity contribution in [2.75, 3.05) is 5.32 Å². The van der Waals surface area contributed by atoms with Crippen LogP contribution in [0.2, 0.25) is 5.02 Å². The summed E-state index contributed by atoms with van der Waals surface area (Å²) in [6.45, 7) is 0.336. The number of aromatic amines is 2. The molecule has 1 fully saturated rings. The van der Waals surface area contributed by atoms with Crippen LogP contribution >= 0.6 is 11.6 Å². The minimum Gasteiger partial charge on any atom is -0.493 e. The van der Waals surface area contributed by atoms with Crippen LogP contribution in [0.25, 0.3) is 11.7 Å². The molecule has 0 amide bonds. The second-order valence-corrected chi connectivity index (χ2v) is 7.71. The number of benzene rings is 1. The van der Waals surface area contributed by atoms with Crippen molar-refractivity contribution in [3.8, 4) is 11.9 Å². The third-order valence-corrected chi connectivity index (χ3v) is 5.23. The van der Waals surface area contributed by atoms with E-state index >= 15 is 0 Å².